The quantitative estimate of drug-likeness (QED) is 0.831. The summed E-state index contributed by atoms with van der Waals surface area (Å²) in [5.74, 6) is 2.31. The molecule has 0 saturated heterocycles. The van der Waals surface area contributed by atoms with Crippen molar-refractivity contribution in [1.29, 1.82) is 0 Å². The minimum Gasteiger partial charge on any atom is -0.387 e. The molecule has 0 bridgehead atoms. The molecule has 15 heavy (non-hydrogen) atoms. The molecule has 1 N–H and O–H groups in total. The van der Waals surface area contributed by atoms with Crippen molar-refractivity contribution in [1.82, 2.24) is 0 Å². The Balaban J connectivity index is 1.72. The van der Waals surface area contributed by atoms with Crippen LogP contribution in [0, 0.1) is 17.8 Å². The van der Waals surface area contributed by atoms with Gasteiger partial charge in [0.2, 0.25) is 0 Å². The van der Waals surface area contributed by atoms with E-state index in [2.05, 4.69) is 19.1 Å². The SMILES string of the molecule is CCc1ccc(C(O)C2C3CCCC32)s1. The van der Waals surface area contributed by atoms with Crippen LogP contribution in [-0.2, 0) is 6.42 Å². The fraction of sp³-hybridized carbons (Fsp3) is 0.692. The summed E-state index contributed by atoms with van der Waals surface area (Å²) in [6.07, 6.45) is 5.04. The van der Waals surface area contributed by atoms with E-state index in [0.29, 0.717) is 5.92 Å². The van der Waals surface area contributed by atoms with E-state index in [1.807, 2.05) is 0 Å². The number of aryl methyl sites for hydroxylation is 1. The number of aliphatic hydroxyl groups excluding tert-OH is 1. The van der Waals surface area contributed by atoms with Gasteiger partial charge in [0.25, 0.3) is 0 Å². The lowest BCUT2D eigenvalue weighted by molar-refractivity contribution is 0.141. The highest BCUT2D eigenvalue weighted by molar-refractivity contribution is 7.12. The lowest BCUT2D eigenvalue weighted by Crippen LogP contribution is -2.01. The second kappa shape index (κ2) is 3.60. The molecule has 2 saturated carbocycles. The van der Waals surface area contributed by atoms with E-state index in [1.165, 1.54) is 29.0 Å². The molecular weight excluding hydrogens is 204 g/mol. The van der Waals surface area contributed by atoms with Crippen molar-refractivity contribution >= 4 is 11.3 Å². The van der Waals surface area contributed by atoms with E-state index >= 15 is 0 Å². The zero-order valence-electron chi connectivity index (χ0n) is 9.15. The normalized spacial score (nSPS) is 35.2. The summed E-state index contributed by atoms with van der Waals surface area (Å²) in [5.41, 5.74) is 0. The summed E-state index contributed by atoms with van der Waals surface area (Å²) in [6, 6.07) is 4.30. The number of rotatable bonds is 3. The van der Waals surface area contributed by atoms with Gasteiger partial charge in [0.05, 0.1) is 6.10 Å². The molecule has 0 aliphatic heterocycles. The fourth-order valence-corrected chi connectivity index (χ4v) is 4.28. The molecule has 2 aliphatic rings. The average molecular weight is 222 g/mol. The maximum absolute atomic E-state index is 10.3. The second-order valence-electron chi connectivity index (χ2n) is 4.94. The van der Waals surface area contributed by atoms with Gasteiger partial charge in [-0.1, -0.05) is 13.3 Å². The Morgan fingerprint density at radius 2 is 2.13 bits per heavy atom. The van der Waals surface area contributed by atoms with Crippen LogP contribution in [0.2, 0.25) is 0 Å². The lowest BCUT2D eigenvalue weighted by Gasteiger charge is -2.10. The summed E-state index contributed by atoms with van der Waals surface area (Å²) in [5, 5.41) is 10.3. The third kappa shape index (κ3) is 1.55. The van der Waals surface area contributed by atoms with Crippen LogP contribution in [0.5, 0.6) is 0 Å². The van der Waals surface area contributed by atoms with Gasteiger partial charge in [-0.3, -0.25) is 0 Å². The second-order valence-corrected chi connectivity index (χ2v) is 6.14. The largest absolute Gasteiger partial charge is 0.387 e. The third-order valence-electron chi connectivity index (χ3n) is 4.16. The van der Waals surface area contributed by atoms with Crippen LogP contribution in [0.25, 0.3) is 0 Å². The van der Waals surface area contributed by atoms with Gasteiger partial charge in [-0.15, -0.1) is 11.3 Å². The van der Waals surface area contributed by atoms with E-state index in [9.17, 15) is 5.11 Å². The van der Waals surface area contributed by atoms with Gasteiger partial charge < -0.3 is 5.11 Å². The van der Waals surface area contributed by atoms with Gasteiger partial charge in [-0.05, 0) is 49.1 Å². The predicted molar refractivity (Wildman–Crippen MR) is 63.0 cm³/mol. The first kappa shape index (κ1) is 9.86. The molecule has 0 radical (unpaired) electrons. The maximum Gasteiger partial charge on any atom is 0.0915 e. The Hall–Kier alpha value is -0.340. The highest BCUT2D eigenvalue weighted by Crippen LogP contribution is 2.62. The van der Waals surface area contributed by atoms with Crippen molar-refractivity contribution in [3.05, 3.63) is 21.9 Å². The number of thiophene rings is 1. The summed E-state index contributed by atoms with van der Waals surface area (Å²) in [6.45, 7) is 2.17. The molecule has 2 fully saturated rings. The standard InChI is InChI=1S/C13H18OS/c1-2-8-6-7-11(15-8)13(14)12-9-4-3-5-10(9)12/h6-7,9-10,12-14H,2-5H2,1H3. The van der Waals surface area contributed by atoms with E-state index in [4.69, 9.17) is 0 Å². The summed E-state index contributed by atoms with van der Waals surface area (Å²) < 4.78 is 0. The van der Waals surface area contributed by atoms with Crippen LogP contribution >= 0.6 is 11.3 Å². The lowest BCUT2D eigenvalue weighted by atomic mass is 10.1. The fourth-order valence-electron chi connectivity index (χ4n) is 3.28. The Kier molecular flexibility index (Phi) is 2.37. The Morgan fingerprint density at radius 3 is 2.73 bits per heavy atom. The zero-order chi connectivity index (χ0) is 10.4. The highest BCUT2D eigenvalue weighted by atomic mass is 32.1. The van der Waals surface area contributed by atoms with Crippen LogP contribution in [-0.4, -0.2) is 5.11 Å². The van der Waals surface area contributed by atoms with Crippen LogP contribution in [0.1, 0.15) is 42.0 Å². The monoisotopic (exact) mass is 222 g/mol. The van der Waals surface area contributed by atoms with Gasteiger partial charge in [0.15, 0.2) is 0 Å². The highest BCUT2D eigenvalue weighted by Gasteiger charge is 2.56. The van der Waals surface area contributed by atoms with Crippen molar-refractivity contribution in [3.63, 3.8) is 0 Å². The molecule has 1 aromatic rings. The zero-order valence-corrected chi connectivity index (χ0v) is 9.96. The molecule has 1 heterocycles. The van der Waals surface area contributed by atoms with Crippen molar-refractivity contribution in [2.75, 3.05) is 0 Å². The van der Waals surface area contributed by atoms with Crippen LogP contribution in [0.3, 0.4) is 0 Å². The van der Waals surface area contributed by atoms with E-state index in [1.54, 1.807) is 11.3 Å². The van der Waals surface area contributed by atoms with Gasteiger partial charge in [0.1, 0.15) is 0 Å². The first-order valence-electron chi connectivity index (χ1n) is 6.08. The molecule has 1 nitrogen and oxygen atoms in total. The van der Waals surface area contributed by atoms with Crippen molar-refractivity contribution in [3.8, 4) is 0 Å². The first-order chi connectivity index (χ1) is 7.31. The molecule has 0 amide bonds. The van der Waals surface area contributed by atoms with Crippen LogP contribution < -0.4 is 0 Å². The molecule has 2 aliphatic carbocycles. The average Bonchev–Trinajstić information content (AvgIpc) is 2.73. The predicted octanol–water partition coefficient (Wildman–Crippen LogP) is 3.39. The third-order valence-corrected chi connectivity index (χ3v) is 5.46. The van der Waals surface area contributed by atoms with Crippen LogP contribution in [0.15, 0.2) is 12.1 Å². The van der Waals surface area contributed by atoms with Gasteiger partial charge in [0, 0.05) is 9.75 Å². The molecular formula is C13H18OS. The smallest absolute Gasteiger partial charge is 0.0915 e. The maximum atomic E-state index is 10.3. The number of hydrogen-bond donors (Lipinski definition) is 1. The Bertz CT molecular complexity index is 347. The molecule has 3 rings (SSSR count). The molecule has 3 atom stereocenters. The molecule has 0 aromatic carbocycles. The van der Waals surface area contributed by atoms with E-state index in [-0.39, 0.29) is 6.10 Å². The molecule has 0 spiro atoms. The van der Waals surface area contributed by atoms with Crippen LogP contribution in [0.4, 0.5) is 0 Å². The van der Waals surface area contributed by atoms with Gasteiger partial charge in [-0.2, -0.15) is 0 Å². The number of fused-ring (bicyclic) bond motifs is 1. The summed E-state index contributed by atoms with van der Waals surface area (Å²) >= 11 is 1.80. The van der Waals surface area contributed by atoms with Gasteiger partial charge in [-0.25, -0.2) is 0 Å². The molecule has 82 valence electrons. The van der Waals surface area contributed by atoms with Crippen molar-refractivity contribution in [2.45, 2.75) is 38.7 Å². The number of hydrogen-bond acceptors (Lipinski definition) is 2. The minimum absolute atomic E-state index is 0.161. The summed E-state index contributed by atoms with van der Waals surface area (Å²) in [4.78, 5) is 2.60. The van der Waals surface area contributed by atoms with E-state index < -0.39 is 0 Å². The van der Waals surface area contributed by atoms with Gasteiger partial charge >= 0.3 is 0 Å². The molecule has 1 aromatic heterocycles. The Labute approximate surface area is 95.1 Å². The topological polar surface area (TPSA) is 20.2 Å². The minimum atomic E-state index is -0.161. The van der Waals surface area contributed by atoms with Crippen molar-refractivity contribution in [2.24, 2.45) is 17.8 Å². The number of aliphatic hydroxyl groups is 1. The van der Waals surface area contributed by atoms with Crippen molar-refractivity contribution < 1.29 is 5.11 Å². The molecule has 3 unspecified atom stereocenters. The summed E-state index contributed by atoms with van der Waals surface area (Å²) in [7, 11) is 0. The van der Waals surface area contributed by atoms with E-state index in [0.717, 1.165) is 18.3 Å². The Morgan fingerprint density at radius 1 is 1.40 bits per heavy atom. The molecule has 2 heteroatoms. The first-order valence-corrected chi connectivity index (χ1v) is 6.89.